The van der Waals surface area contributed by atoms with E-state index in [1.165, 1.54) is 37.7 Å². The highest BCUT2D eigenvalue weighted by atomic mass is 16.5. The van der Waals surface area contributed by atoms with Crippen LogP contribution in [-0.4, -0.2) is 12.1 Å². The zero-order valence-electron chi connectivity index (χ0n) is 9.20. The summed E-state index contributed by atoms with van der Waals surface area (Å²) in [5, 5.41) is 0. The van der Waals surface area contributed by atoms with E-state index in [4.69, 9.17) is 10.5 Å². The summed E-state index contributed by atoms with van der Waals surface area (Å²) in [4.78, 5) is 4.16. The van der Waals surface area contributed by atoms with Gasteiger partial charge in [-0.2, -0.15) is 0 Å². The zero-order valence-corrected chi connectivity index (χ0v) is 9.20. The highest BCUT2D eigenvalue weighted by Gasteiger charge is 2.19. The van der Waals surface area contributed by atoms with Crippen LogP contribution in [0.1, 0.15) is 43.6 Å². The van der Waals surface area contributed by atoms with Crippen molar-refractivity contribution in [2.45, 2.75) is 38.0 Å². The Bertz CT molecular complexity index is 332. The summed E-state index contributed by atoms with van der Waals surface area (Å²) in [6, 6.07) is 1.82. The predicted molar refractivity (Wildman–Crippen MR) is 61.0 cm³/mol. The number of methoxy groups -OCH3 is 1. The van der Waals surface area contributed by atoms with E-state index in [1.807, 2.05) is 12.3 Å². The second kappa shape index (κ2) is 4.51. The molecule has 1 aliphatic carbocycles. The molecular weight excluding hydrogens is 188 g/mol. The van der Waals surface area contributed by atoms with Crippen molar-refractivity contribution >= 4 is 5.82 Å². The van der Waals surface area contributed by atoms with Crippen LogP contribution in [-0.2, 0) is 0 Å². The van der Waals surface area contributed by atoms with Crippen LogP contribution in [0.5, 0.6) is 5.75 Å². The Morgan fingerprint density at radius 1 is 1.33 bits per heavy atom. The first kappa shape index (κ1) is 10.3. The Morgan fingerprint density at radius 3 is 2.73 bits per heavy atom. The highest BCUT2D eigenvalue weighted by molar-refractivity contribution is 5.43. The number of nitrogen functional groups attached to an aromatic ring is 1. The molecule has 0 radical (unpaired) electrons. The van der Waals surface area contributed by atoms with E-state index in [9.17, 15) is 0 Å². The normalized spacial score (nSPS) is 17.7. The molecule has 0 saturated heterocycles. The summed E-state index contributed by atoms with van der Waals surface area (Å²) in [5.41, 5.74) is 6.87. The third kappa shape index (κ3) is 2.22. The van der Waals surface area contributed by atoms with Gasteiger partial charge in [-0.3, -0.25) is 0 Å². The van der Waals surface area contributed by atoms with E-state index in [0.717, 1.165) is 5.75 Å². The Balaban J connectivity index is 2.25. The molecule has 82 valence electrons. The van der Waals surface area contributed by atoms with E-state index >= 15 is 0 Å². The minimum absolute atomic E-state index is 0.534. The van der Waals surface area contributed by atoms with Crippen molar-refractivity contribution in [2.24, 2.45) is 0 Å². The second-order valence-electron chi connectivity index (χ2n) is 4.19. The zero-order chi connectivity index (χ0) is 10.7. The lowest BCUT2D eigenvalue weighted by atomic mass is 9.84. The summed E-state index contributed by atoms with van der Waals surface area (Å²) in [6.07, 6.45) is 8.38. The number of rotatable bonds is 2. The summed E-state index contributed by atoms with van der Waals surface area (Å²) >= 11 is 0. The molecule has 0 unspecified atom stereocenters. The van der Waals surface area contributed by atoms with E-state index in [2.05, 4.69) is 4.98 Å². The van der Waals surface area contributed by atoms with Crippen molar-refractivity contribution in [3.8, 4) is 5.75 Å². The molecule has 1 heterocycles. The van der Waals surface area contributed by atoms with Crippen molar-refractivity contribution in [1.82, 2.24) is 4.98 Å². The Hall–Kier alpha value is -1.25. The van der Waals surface area contributed by atoms with Gasteiger partial charge in [0, 0.05) is 17.8 Å². The number of anilines is 1. The molecule has 2 rings (SSSR count). The van der Waals surface area contributed by atoms with Crippen LogP contribution >= 0.6 is 0 Å². The molecule has 3 nitrogen and oxygen atoms in total. The van der Waals surface area contributed by atoms with Crippen LogP contribution in [0.15, 0.2) is 12.3 Å². The quantitative estimate of drug-likeness (QED) is 0.809. The first-order chi connectivity index (χ1) is 7.31. The first-order valence-corrected chi connectivity index (χ1v) is 5.60. The minimum atomic E-state index is 0.534. The van der Waals surface area contributed by atoms with Crippen LogP contribution in [0.3, 0.4) is 0 Å². The molecule has 0 aromatic carbocycles. The molecule has 0 amide bonds. The van der Waals surface area contributed by atoms with Crippen molar-refractivity contribution in [3.05, 3.63) is 17.8 Å². The van der Waals surface area contributed by atoms with Gasteiger partial charge in [0.2, 0.25) is 0 Å². The van der Waals surface area contributed by atoms with Crippen LogP contribution < -0.4 is 10.5 Å². The van der Waals surface area contributed by atoms with E-state index in [1.54, 1.807) is 7.11 Å². The van der Waals surface area contributed by atoms with Crippen molar-refractivity contribution in [1.29, 1.82) is 0 Å². The Labute approximate surface area is 90.7 Å². The summed E-state index contributed by atoms with van der Waals surface area (Å²) in [5.74, 6) is 2.04. The molecular formula is C12H18N2O. The number of ether oxygens (including phenoxy) is 1. The van der Waals surface area contributed by atoms with Crippen LogP contribution in [0.2, 0.25) is 0 Å². The maximum absolute atomic E-state index is 5.64. The molecule has 0 aliphatic heterocycles. The van der Waals surface area contributed by atoms with E-state index < -0.39 is 0 Å². The first-order valence-electron chi connectivity index (χ1n) is 5.60. The molecule has 1 saturated carbocycles. The third-order valence-electron chi connectivity index (χ3n) is 3.18. The van der Waals surface area contributed by atoms with E-state index in [-0.39, 0.29) is 0 Å². The van der Waals surface area contributed by atoms with Gasteiger partial charge in [0.25, 0.3) is 0 Å². The van der Waals surface area contributed by atoms with Gasteiger partial charge in [0.15, 0.2) is 0 Å². The number of aromatic nitrogens is 1. The smallest absolute Gasteiger partial charge is 0.127 e. The molecule has 0 atom stereocenters. The average Bonchev–Trinajstić information content (AvgIpc) is 2.30. The van der Waals surface area contributed by atoms with Gasteiger partial charge in [-0.15, -0.1) is 0 Å². The minimum Gasteiger partial charge on any atom is -0.496 e. The standard InChI is InChI=1S/C12H18N2O/c1-15-11-7-12(13)14-8-10(11)9-5-3-2-4-6-9/h7-9H,2-6H2,1H3,(H2,13,14). The summed E-state index contributed by atoms with van der Waals surface area (Å²) in [7, 11) is 1.70. The molecule has 2 N–H and O–H groups in total. The fourth-order valence-electron chi connectivity index (χ4n) is 2.36. The van der Waals surface area contributed by atoms with Crippen LogP contribution in [0.4, 0.5) is 5.82 Å². The van der Waals surface area contributed by atoms with Gasteiger partial charge in [-0.1, -0.05) is 19.3 Å². The molecule has 1 aliphatic rings. The Morgan fingerprint density at radius 2 is 2.07 bits per heavy atom. The maximum atomic E-state index is 5.64. The molecule has 3 heteroatoms. The fraction of sp³-hybridized carbons (Fsp3) is 0.583. The maximum Gasteiger partial charge on any atom is 0.127 e. The van der Waals surface area contributed by atoms with Crippen molar-refractivity contribution in [2.75, 3.05) is 12.8 Å². The monoisotopic (exact) mass is 206 g/mol. The third-order valence-corrected chi connectivity index (χ3v) is 3.18. The predicted octanol–water partition coefficient (Wildman–Crippen LogP) is 2.72. The molecule has 1 aromatic rings. The number of pyridine rings is 1. The number of hydrogen-bond donors (Lipinski definition) is 1. The van der Waals surface area contributed by atoms with Gasteiger partial charge in [-0.25, -0.2) is 4.98 Å². The number of nitrogens with zero attached hydrogens (tertiary/aromatic N) is 1. The van der Waals surface area contributed by atoms with E-state index in [0.29, 0.717) is 11.7 Å². The molecule has 15 heavy (non-hydrogen) atoms. The second-order valence-corrected chi connectivity index (χ2v) is 4.19. The highest BCUT2D eigenvalue weighted by Crippen LogP contribution is 2.37. The van der Waals surface area contributed by atoms with Gasteiger partial charge >= 0.3 is 0 Å². The van der Waals surface area contributed by atoms with Crippen molar-refractivity contribution < 1.29 is 4.74 Å². The number of nitrogens with two attached hydrogens (primary N) is 1. The SMILES string of the molecule is COc1cc(N)ncc1C1CCCCC1. The molecule has 1 aromatic heterocycles. The largest absolute Gasteiger partial charge is 0.496 e. The lowest BCUT2D eigenvalue weighted by molar-refractivity contribution is 0.386. The fourth-order valence-corrected chi connectivity index (χ4v) is 2.36. The van der Waals surface area contributed by atoms with Gasteiger partial charge < -0.3 is 10.5 Å². The lowest BCUT2D eigenvalue weighted by Crippen LogP contribution is -2.07. The lowest BCUT2D eigenvalue weighted by Gasteiger charge is -2.23. The number of hydrogen-bond acceptors (Lipinski definition) is 3. The van der Waals surface area contributed by atoms with Gasteiger partial charge in [-0.05, 0) is 18.8 Å². The molecule has 0 spiro atoms. The van der Waals surface area contributed by atoms with Crippen molar-refractivity contribution in [3.63, 3.8) is 0 Å². The average molecular weight is 206 g/mol. The topological polar surface area (TPSA) is 48.1 Å². The summed E-state index contributed by atoms with van der Waals surface area (Å²) < 4.78 is 5.36. The van der Waals surface area contributed by atoms with Crippen LogP contribution in [0, 0.1) is 0 Å². The van der Waals surface area contributed by atoms with Gasteiger partial charge in [0.05, 0.1) is 7.11 Å². The molecule has 0 bridgehead atoms. The molecule has 1 fully saturated rings. The summed E-state index contributed by atoms with van der Waals surface area (Å²) in [6.45, 7) is 0. The Kier molecular flexibility index (Phi) is 3.09. The van der Waals surface area contributed by atoms with Crippen LogP contribution in [0.25, 0.3) is 0 Å². The van der Waals surface area contributed by atoms with Gasteiger partial charge in [0.1, 0.15) is 11.6 Å².